The fourth-order valence-corrected chi connectivity index (χ4v) is 1.63. The van der Waals surface area contributed by atoms with E-state index in [1.165, 1.54) is 6.33 Å². The number of carbonyl (C=O) groups excluding carboxylic acids is 1. The molecule has 1 aromatic heterocycles. The van der Waals surface area contributed by atoms with Gasteiger partial charge >= 0.3 is 0 Å². The summed E-state index contributed by atoms with van der Waals surface area (Å²) in [6, 6.07) is 1.81. The summed E-state index contributed by atoms with van der Waals surface area (Å²) < 4.78 is 0. The average molecular weight is 263 g/mol. The summed E-state index contributed by atoms with van der Waals surface area (Å²) in [6.45, 7) is 11.0. The van der Waals surface area contributed by atoms with E-state index in [1.54, 1.807) is 6.20 Å². The zero-order valence-corrected chi connectivity index (χ0v) is 12.7. The minimum atomic E-state index is -0.347. The van der Waals surface area contributed by atoms with E-state index >= 15 is 0 Å². The lowest BCUT2D eigenvalue weighted by Gasteiger charge is -2.27. The topological polar surface area (TPSA) is 54.9 Å². The van der Waals surface area contributed by atoms with Crippen molar-refractivity contribution in [1.82, 2.24) is 15.3 Å². The highest BCUT2D eigenvalue weighted by Crippen LogP contribution is 2.30. The van der Waals surface area contributed by atoms with Gasteiger partial charge in [-0.05, 0) is 24.3 Å². The molecule has 4 nitrogen and oxygen atoms in total. The van der Waals surface area contributed by atoms with Gasteiger partial charge in [0.25, 0.3) is 0 Å². The molecule has 0 unspecified atom stereocenters. The number of rotatable bonds is 5. The quantitative estimate of drug-likeness (QED) is 0.888. The van der Waals surface area contributed by atoms with Crippen molar-refractivity contribution >= 4 is 5.91 Å². The van der Waals surface area contributed by atoms with Crippen LogP contribution in [0.2, 0.25) is 0 Å². The highest BCUT2D eigenvalue weighted by atomic mass is 16.2. The fourth-order valence-electron chi connectivity index (χ4n) is 1.63. The highest BCUT2D eigenvalue weighted by molar-refractivity contribution is 5.81. The Bertz CT molecular complexity index is 407. The van der Waals surface area contributed by atoms with Gasteiger partial charge in [-0.1, -0.05) is 34.6 Å². The standard InChI is InChI=1S/C15H25N3O/c1-14(2,3)7-8-15(4,5)13(19)17-10-12-6-9-16-11-18-12/h6,9,11H,7-8,10H2,1-5H3,(H,17,19). The third kappa shape index (κ3) is 5.81. The first-order valence-electron chi connectivity index (χ1n) is 6.74. The third-order valence-corrected chi connectivity index (χ3v) is 3.19. The Morgan fingerprint density at radius 1 is 1.21 bits per heavy atom. The van der Waals surface area contributed by atoms with Gasteiger partial charge in [0.2, 0.25) is 5.91 Å². The van der Waals surface area contributed by atoms with Crippen LogP contribution in [0.5, 0.6) is 0 Å². The predicted molar refractivity (Wildman–Crippen MR) is 76.3 cm³/mol. The summed E-state index contributed by atoms with van der Waals surface area (Å²) in [5.74, 6) is 0.0790. The number of aromatic nitrogens is 2. The van der Waals surface area contributed by atoms with Crippen molar-refractivity contribution < 1.29 is 4.79 Å². The number of nitrogens with zero attached hydrogens (tertiary/aromatic N) is 2. The van der Waals surface area contributed by atoms with Gasteiger partial charge in [-0.2, -0.15) is 0 Å². The molecule has 0 radical (unpaired) electrons. The second-order valence-electron chi connectivity index (χ2n) is 6.83. The monoisotopic (exact) mass is 263 g/mol. The molecule has 1 amide bonds. The van der Waals surface area contributed by atoms with E-state index in [9.17, 15) is 4.79 Å². The zero-order chi connectivity index (χ0) is 14.5. The molecule has 1 aromatic rings. The van der Waals surface area contributed by atoms with Crippen molar-refractivity contribution in [2.75, 3.05) is 0 Å². The second kappa shape index (κ2) is 6.13. The van der Waals surface area contributed by atoms with Gasteiger partial charge < -0.3 is 5.32 Å². The molecule has 0 bridgehead atoms. The van der Waals surface area contributed by atoms with Gasteiger partial charge in [0.15, 0.2) is 0 Å². The van der Waals surface area contributed by atoms with Crippen LogP contribution in [-0.4, -0.2) is 15.9 Å². The van der Waals surface area contributed by atoms with Crippen LogP contribution >= 0.6 is 0 Å². The molecule has 0 spiro atoms. The molecule has 0 atom stereocenters. The van der Waals surface area contributed by atoms with Crippen molar-refractivity contribution in [3.05, 3.63) is 24.3 Å². The Morgan fingerprint density at radius 3 is 2.42 bits per heavy atom. The molecular weight excluding hydrogens is 238 g/mol. The summed E-state index contributed by atoms with van der Waals surface area (Å²) >= 11 is 0. The SMILES string of the molecule is CC(C)(C)CCC(C)(C)C(=O)NCc1ccncn1. The maximum atomic E-state index is 12.2. The summed E-state index contributed by atoms with van der Waals surface area (Å²) in [7, 11) is 0. The molecule has 0 aliphatic rings. The first kappa shape index (κ1) is 15.6. The third-order valence-electron chi connectivity index (χ3n) is 3.19. The molecule has 0 saturated carbocycles. The van der Waals surface area contributed by atoms with Crippen molar-refractivity contribution in [3.8, 4) is 0 Å². The van der Waals surface area contributed by atoms with Gasteiger partial charge in [-0.25, -0.2) is 9.97 Å². The molecule has 0 fully saturated rings. The number of hydrogen-bond donors (Lipinski definition) is 1. The normalized spacial score (nSPS) is 12.3. The number of nitrogens with one attached hydrogen (secondary N) is 1. The lowest BCUT2D eigenvalue weighted by atomic mass is 9.79. The molecule has 0 aromatic carbocycles. The molecule has 1 N–H and O–H groups in total. The van der Waals surface area contributed by atoms with Crippen LogP contribution in [0.3, 0.4) is 0 Å². The molecule has 1 heterocycles. The first-order valence-corrected chi connectivity index (χ1v) is 6.74. The average Bonchev–Trinajstić information content (AvgIpc) is 2.34. The van der Waals surface area contributed by atoms with Crippen LogP contribution in [0.25, 0.3) is 0 Å². The van der Waals surface area contributed by atoms with Crippen molar-refractivity contribution in [3.63, 3.8) is 0 Å². The summed E-state index contributed by atoms with van der Waals surface area (Å²) in [5, 5.41) is 2.95. The smallest absolute Gasteiger partial charge is 0.225 e. The Labute approximate surface area is 116 Å². The minimum absolute atomic E-state index is 0.0790. The second-order valence-corrected chi connectivity index (χ2v) is 6.83. The lowest BCUT2D eigenvalue weighted by molar-refractivity contribution is -0.130. The first-order chi connectivity index (χ1) is 8.71. The van der Waals surface area contributed by atoms with Crippen LogP contribution in [0.15, 0.2) is 18.6 Å². The number of hydrogen-bond acceptors (Lipinski definition) is 3. The van der Waals surface area contributed by atoms with E-state index in [-0.39, 0.29) is 16.7 Å². The summed E-state index contributed by atoms with van der Waals surface area (Å²) in [4.78, 5) is 20.1. The largest absolute Gasteiger partial charge is 0.350 e. The minimum Gasteiger partial charge on any atom is -0.350 e. The van der Waals surface area contributed by atoms with Crippen LogP contribution in [0.4, 0.5) is 0 Å². The van der Waals surface area contributed by atoms with Crippen LogP contribution in [0.1, 0.15) is 53.2 Å². The summed E-state index contributed by atoms with van der Waals surface area (Å²) in [5.41, 5.74) is 0.736. The van der Waals surface area contributed by atoms with Gasteiger partial charge in [0.1, 0.15) is 6.33 Å². The Balaban J connectivity index is 2.47. The van der Waals surface area contributed by atoms with Crippen molar-refractivity contribution in [1.29, 1.82) is 0 Å². The molecule has 4 heteroatoms. The van der Waals surface area contributed by atoms with Crippen LogP contribution in [-0.2, 0) is 11.3 Å². The van der Waals surface area contributed by atoms with E-state index in [0.29, 0.717) is 6.54 Å². The molecule has 106 valence electrons. The van der Waals surface area contributed by atoms with E-state index < -0.39 is 0 Å². The van der Waals surface area contributed by atoms with Gasteiger partial charge in [0.05, 0.1) is 12.2 Å². The highest BCUT2D eigenvalue weighted by Gasteiger charge is 2.28. The zero-order valence-electron chi connectivity index (χ0n) is 12.7. The Hall–Kier alpha value is -1.45. The van der Waals surface area contributed by atoms with E-state index in [1.807, 2.05) is 19.9 Å². The fraction of sp³-hybridized carbons (Fsp3) is 0.667. The molecule has 1 rings (SSSR count). The number of carbonyl (C=O) groups is 1. The van der Waals surface area contributed by atoms with Gasteiger partial charge in [0, 0.05) is 11.6 Å². The lowest BCUT2D eigenvalue weighted by Crippen LogP contribution is -2.37. The molecule has 0 aliphatic carbocycles. The number of amides is 1. The maximum absolute atomic E-state index is 12.2. The van der Waals surface area contributed by atoms with Gasteiger partial charge in [-0.15, -0.1) is 0 Å². The summed E-state index contributed by atoms with van der Waals surface area (Å²) in [6.07, 6.45) is 5.08. The van der Waals surface area contributed by atoms with E-state index in [2.05, 4.69) is 36.1 Å². The van der Waals surface area contributed by atoms with Crippen molar-refractivity contribution in [2.24, 2.45) is 10.8 Å². The van der Waals surface area contributed by atoms with E-state index in [0.717, 1.165) is 18.5 Å². The van der Waals surface area contributed by atoms with Crippen LogP contribution < -0.4 is 5.32 Å². The molecule has 19 heavy (non-hydrogen) atoms. The predicted octanol–water partition coefficient (Wildman–Crippen LogP) is 2.95. The Kier molecular flexibility index (Phi) is 5.04. The van der Waals surface area contributed by atoms with Crippen LogP contribution in [0, 0.1) is 10.8 Å². The molecule has 0 aliphatic heterocycles. The van der Waals surface area contributed by atoms with E-state index in [4.69, 9.17) is 0 Å². The van der Waals surface area contributed by atoms with Crippen molar-refractivity contribution in [2.45, 2.75) is 54.0 Å². The maximum Gasteiger partial charge on any atom is 0.225 e. The molecule has 0 saturated heterocycles. The van der Waals surface area contributed by atoms with Gasteiger partial charge in [-0.3, -0.25) is 4.79 Å². The molecular formula is C15H25N3O. The Morgan fingerprint density at radius 2 is 1.89 bits per heavy atom.